The fourth-order valence-electron chi connectivity index (χ4n) is 7.56. The van der Waals surface area contributed by atoms with Crippen molar-refractivity contribution in [3.8, 4) is 11.3 Å². The molecule has 8 rings (SSSR count). The van der Waals surface area contributed by atoms with Gasteiger partial charge in [0.25, 0.3) is 0 Å². The van der Waals surface area contributed by atoms with E-state index in [9.17, 15) is 13.2 Å². The minimum Gasteiger partial charge on any atom is -0.363 e. The highest BCUT2D eigenvalue weighted by atomic mass is 19.4. The Morgan fingerprint density at radius 3 is 2.36 bits per heavy atom. The number of nitrogens with zero attached hydrogens (tertiary/aromatic N) is 3. The van der Waals surface area contributed by atoms with Crippen LogP contribution in [0.15, 0.2) is 60.7 Å². The van der Waals surface area contributed by atoms with E-state index < -0.39 is 11.7 Å². The smallest absolute Gasteiger partial charge is 0.363 e. The predicted octanol–water partition coefficient (Wildman–Crippen LogP) is 6.74. The largest absolute Gasteiger partial charge is 0.416 e. The number of anilines is 1. The predicted molar refractivity (Wildman–Crippen MR) is 131 cm³/mol. The molecule has 4 fully saturated rings. The average molecular weight is 490 g/mol. The summed E-state index contributed by atoms with van der Waals surface area (Å²) in [5, 5.41) is 12.7. The Labute approximate surface area is 206 Å². The number of fused-ring (bicyclic) bond motifs is 1. The Morgan fingerprint density at radius 2 is 1.67 bits per heavy atom. The van der Waals surface area contributed by atoms with Crippen molar-refractivity contribution in [2.75, 3.05) is 5.32 Å². The van der Waals surface area contributed by atoms with Crippen molar-refractivity contribution in [3.05, 3.63) is 72.1 Å². The summed E-state index contributed by atoms with van der Waals surface area (Å²) in [4.78, 5) is 8.14. The zero-order valence-corrected chi connectivity index (χ0v) is 19.6. The topological polar surface area (TPSA) is 66.5 Å². The molecule has 4 aliphatic rings. The van der Waals surface area contributed by atoms with Crippen LogP contribution in [0.25, 0.3) is 22.3 Å². The third-order valence-electron chi connectivity index (χ3n) is 8.50. The van der Waals surface area contributed by atoms with Crippen LogP contribution in [-0.4, -0.2) is 25.7 Å². The number of alkyl halides is 3. The average Bonchev–Trinajstić information content (AvgIpc) is 3.28. The van der Waals surface area contributed by atoms with E-state index in [1.807, 2.05) is 42.5 Å². The van der Waals surface area contributed by atoms with E-state index in [1.165, 1.54) is 18.6 Å². The summed E-state index contributed by atoms with van der Waals surface area (Å²) in [6.45, 7) is 0. The first-order valence-corrected chi connectivity index (χ1v) is 12.5. The molecule has 36 heavy (non-hydrogen) atoms. The van der Waals surface area contributed by atoms with Gasteiger partial charge in [0.15, 0.2) is 0 Å². The molecule has 2 aromatic carbocycles. The molecular formula is C28H26F3N5. The second-order valence-corrected chi connectivity index (χ2v) is 11.1. The van der Waals surface area contributed by atoms with Gasteiger partial charge in [-0.25, -0.2) is 4.98 Å². The minimum absolute atomic E-state index is 0.108. The van der Waals surface area contributed by atoms with E-state index in [1.54, 1.807) is 0 Å². The number of aromatic nitrogens is 4. The van der Waals surface area contributed by atoms with Crippen molar-refractivity contribution in [1.82, 2.24) is 20.2 Å². The number of aromatic amines is 1. The van der Waals surface area contributed by atoms with Gasteiger partial charge in [-0.1, -0.05) is 30.3 Å². The Morgan fingerprint density at radius 1 is 0.889 bits per heavy atom. The van der Waals surface area contributed by atoms with E-state index in [-0.39, 0.29) is 11.0 Å². The van der Waals surface area contributed by atoms with Crippen LogP contribution in [0, 0.1) is 11.8 Å². The molecule has 2 heterocycles. The molecule has 0 saturated heterocycles. The van der Waals surface area contributed by atoms with E-state index in [2.05, 4.69) is 20.5 Å². The lowest BCUT2D eigenvalue weighted by Gasteiger charge is -2.61. The summed E-state index contributed by atoms with van der Waals surface area (Å²) >= 11 is 0. The third kappa shape index (κ3) is 3.57. The fourth-order valence-corrected chi connectivity index (χ4v) is 7.56. The molecule has 8 heteroatoms. The van der Waals surface area contributed by atoms with Gasteiger partial charge in [-0.2, -0.15) is 13.2 Å². The third-order valence-corrected chi connectivity index (χ3v) is 8.50. The second-order valence-electron chi connectivity index (χ2n) is 11.1. The van der Waals surface area contributed by atoms with Crippen LogP contribution >= 0.6 is 0 Å². The van der Waals surface area contributed by atoms with Gasteiger partial charge in [0.05, 0.1) is 22.3 Å². The van der Waals surface area contributed by atoms with Crippen LogP contribution in [-0.2, 0) is 11.6 Å². The molecule has 4 aliphatic carbocycles. The number of halogens is 3. The van der Waals surface area contributed by atoms with Crippen LogP contribution in [0.4, 0.5) is 19.0 Å². The molecule has 4 bridgehead atoms. The molecule has 184 valence electrons. The number of hydrogen-bond acceptors (Lipinski definition) is 4. The lowest BCUT2D eigenvalue weighted by Crippen LogP contribution is -2.61. The minimum atomic E-state index is -4.37. The Balaban J connectivity index is 1.20. The maximum Gasteiger partial charge on any atom is 0.416 e. The summed E-state index contributed by atoms with van der Waals surface area (Å²) < 4.78 is 39.8. The number of imidazole rings is 1. The Hall–Kier alpha value is -3.42. The van der Waals surface area contributed by atoms with Crippen molar-refractivity contribution in [1.29, 1.82) is 0 Å². The van der Waals surface area contributed by atoms with Crippen molar-refractivity contribution in [2.45, 2.75) is 55.7 Å². The van der Waals surface area contributed by atoms with Crippen molar-refractivity contribution >= 4 is 16.9 Å². The molecule has 0 amide bonds. The molecule has 2 aromatic heterocycles. The highest BCUT2D eigenvalue weighted by Gasteiger charge is 2.59. The van der Waals surface area contributed by atoms with Gasteiger partial charge in [-0.15, -0.1) is 10.2 Å². The lowest BCUT2D eigenvalue weighted by molar-refractivity contribution is -0.137. The number of rotatable bonds is 4. The standard InChI is InChI=1S/C28H26F3N5/c29-28(30,31)20-6-7-22-23(11-20)33-25(32-22)26-12-17-10-18(13-26)15-27(14-17,16-26)34-24-9-8-21(35-36-24)19-4-2-1-3-5-19/h1-9,11,17-18H,10,12-16H2,(H,32,33)(H,34,36). The Kier molecular flexibility index (Phi) is 4.57. The molecule has 0 spiro atoms. The molecule has 4 saturated carbocycles. The first-order valence-electron chi connectivity index (χ1n) is 12.5. The van der Waals surface area contributed by atoms with E-state index in [0.717, 1.165) is 61.1 Å². The van der Waals surface area contributed by atoms with Crippen LogP contribution in [0.3, 0.4) is 0 Å². The van der Waals surface area contributed by atoms with Crippen LogP contribution in [0.5, 0.6) is 0 Å². The monoisotopic (exact) mass is 489 g/mol. The Bertz CT molecular complexity index is 1410. The molecule has 2 unspecified atom stereocenters. The maximum absolute atomic E-state index is 13.3. The molecule has 0 aliphatic heterocycles. The maximum atomic E-state index is 13.3. The van der Waals surface area contributed by atoms with E-state index in [4.69, 9.17) is 4.98 Å². The number of benzene rings is 2. The molecule has 5 nitrogen and oxygen atoms in total. The van der Waals surface area contributed by atoms with Gasteiger partial charge < -0.3 is 10.3 Å². The summed E-state index contributed by atoms with van der Waals surface area (Å²) in [5.41, 5.74) is 2.01. The van der Waals surface area contributed by atoms with Gasteiger partial charge in [0.1, 0.15) is 11.6 Å². The van der Waals surface area contributed by atoms with Crippen LogP contribution in [0.2, 0.25) is 0 Å². The van der Waals surface area contributed by atoms with Crippen molar-refractivity contribution < 1.29 is 13.2 Å². The highest BCUT2D eigenvalue weighted by molar-refractivity contribution is 5.76. The van der Waals surface area contributed by atoms with Gasteiger partial charge in [0.2, 0.25) is 0 Å². The van der Waals surface area contributed by atoms with Gasteiger partial charge >= 0.3 is 6.18 Å². The van der Waals surface area contributed by atoms with Crippen molar-refractivity contribution in [3.63, 3.8) is 0 Å². The van der Waals surface area contributed by atoms with Gasteiger partial charge in [-0.05, 0) is 80.7 Å². The fraction of sp³-hybridized carbons (Fsp3) is 0.393. The van der Waals surface area contributed by atoms with Crippen LogP contribution in [0.1, 0.15) is 49.9 Å². The summed E-state index contributed by atoms with van der Waals surface area (Å²) in [6, 6.07) is 17.8. The second kappa shape index (κ2) is 7.54. The summed E-state index contributed by atoms with van der Waals surface area (Å²) in [7, 11) is 0. The SMILES string of the molecule is FC(F)(F)c1ccc2nc(C34CC5CC(CC(Nc6ccc(-c7ccccc7)nn6)(C5)C3)C4)[nH]c2c1. The molecule has 0 radical (unpaired) electrons. The van der Waals surface area contributed by atoms with Crippen LogP contribution < -0.4 is 5.32 Å². The van der Waals surface area contributed by atoms with Gasteiger partial charge in [0, 0.05) is 16.5 Å². The first kappa shape index (κ1) is 21.8. The van der Waals surface area contributed by atoms with E-state index >= 15 is 0 Å². The number of H-pyrrole nitrogens is 1. The first-order chi connectivity index (χ1) is 17.3. The normalized spacial score (nSPS) is 29.1. The molecular weight excluding hydrogens is 463 g/mol. The molecule has 2 N–H and O–H groups in total. The van der Waals surface area contributed by atoms with Gasteiger partial charge in [-0.3, -0.25) is 0 Å². The molecule has 4 aromatic rings. The molecule has 2 atom stereocenters. The number of hydrogen-bond donors (Lipinski definition) is 2. The van der Waals surface area contributed by atoms with E-state index in [0.29, 0.717) is 22.9 Å². The lowest BCUT2D eigenvalue weighted by atomic mass is 9.46. The highest BCUT2D eigenvalue weighted by Crippen LogP contribution is 2.62. The summed E-state index contributed by atoms with van der Waals surface area (Å²) in [5.74, 6) is 2.73. The van der Waals surface area contributed by atoms with Crippen molar-refractivity contribution in [2.24, 2.45) is 11.8 Å². The summed E-state index contributed by atoms with van der Waals surface area (Å²) in [6.07, 6.45) is 1.93. The zero-order valence-electron chi connectivity index (χ0n) is 19.6. The quantitative estimate of drug-likeness (QED) is 0.333. The number of nitrogens with one attached hydrogen (secondary N) is 2. The zero-order chi connectivity index (χ0) is 24.5.